The van der Waals surface area contributed by atoms with Crippen LogP contribution >= 0.6 is 0 Å². The van der Waals surface area contributed by atoms with Crippen LogP contribution in [0.2, 0.25) is 0 Å². The predicted molar refractivity (Wildman–Crippen MR) is 107 cm³/mol. The van der Waals surface area contributed by atoms with Crippen LogP contribution in [0.1, 0.15) is 44.6 Å². The molecule has 0 spiro atoms. The Morgan fingerprint density at radius 3 is 2.48 bits per heavy atom. The van der Waals surface area contributed by atoms with E-state index in [0.29, 0.717) is 19.5 Å². The van der Waals surface area contributed by atoms with Gasteiger partial charge in [-0.05, 0) is 56.2 Å². The van der Waals surface area contributed by atoms with Gasteiger partial charge in [0.05, 0.1) is 0 Å². The molecule has 2 saturated heterocycles. The summed E-state index contributed by atoms with van der Waals surface area (Å²) in [5.41, 5.74) is 1.42. The van der Waals surface area contributed by atoms with Crippen molar-refractivity contribution in [3.05, 3.63) is 35.9 Å². The number of rotatable bonds is 6. The summed E-state index contributed by atoms with van der Waals surface area (Å²) in [5.74, 6) is 0.430. The van der Waals surface area contributed by atoms with Crippen molar-refractivity contribution in [3.8, 4) is 0 Å². The van der Waals surface area contributed by atoms with E-state index in [9.17, 15) is 9.59 Å². The third-order valence-electron chi connectivity index (χ3n) is 6.19. The van der Waals surface area contributed by atoms with E-state index in [1.54, 1.807) is 0 Å². The molecule has 5 heteroatoms. The van der Waals surface area contributed by atoms with Gasteiger partial charge in [0, 0.05) is 32.0 Å². The van der Waals surface area contributed by atoms with Crippen LogP contribution in [0.15, 0.2) is 30.3 Å². The van der Waals surface area contributed by atoms with E-state index in [0.717, 1.165) is 51.7 Å². The number of nitrogens with one attached hydrogen (secondary N) is 2. The van der Waals surface area contributed by atoms with Crippen molar-refractivity contribution in [2.45, 2.75) is 45.4 Å². The van der Waals surface area contributed by atoms with E-state index in [1.807, 2.05) is 23.1 Å². The maximum absolute atomic E-state index is 12.5. The number of piperidine rings is 2. The number of likely N-dealkylation sites (tertiary alicyclic amines) is 1. The molecule has 3 rings (SSSR count). The van der Waals surface area contributed by atoms with Crippen LogP contribution in [0.25, 0.3) is 0 Å². The molecule has 0 unspecified atom stereocenters. The third-order valence-corrected chi connectivity index (χ3v) is 6.19. The summed E-state index contributed by atoms with van der Waals surface area (Å²) in [4.78, 5) is 26.9. The molecule has 5 nitrogen and oxygen atoms in total. The topological polar surface area (TPSA) is 61.4 Å². The number of nitrogens with zero attached hydrogens (tertiary/aromatic N) is 1. The number of carbonyl (C=O) groups is 2. The Labute approximate surface area is 162 Å². The molecule has 2 heterocycles. The van der Waals surface area contributed by atoms with Crippen molar-refractivity contribution < 1.29 is 9.59 Å². The fraction of sp³-hybridized carbons (Fsp3) is 0.636. The minimum absolute atomic E-state index is 0.0495. The van der Waals surface area contributed by atoms with Crippen LogP contribution in [0.4, 0.5) is 0 Å². The molecule has 148 valence electrons. The molecule has 2 aliphatic heterocycles. The van der Waals surface area contributed by atoms with E-state index in [4.69, 9.17) is 0 Å². The van der Waals surface area contributed by atoms with Gasteiger partial charge in [0.25, 0.3) is 0 Å². The lowest BCUT2D eigenvalue weighted by molar-refractivity contribution is -0.135. The Bertz CT molecular complexity index is 618. The van der Waals surface area contributed by atoms with Gasteiger partial charge >= 0.3 is 0 Å². The lowest BCUT2D eigenvalue weighted by atomic mass is 9.81. The highest BCUT2D eigenvalue weighted by atomic mass is 16.2. The lowest BCUT2D eigenvalue weighted by Gasteiger charge is -2.35. The van der Waals surface area contributed by atoms with E-state index in [1.165, 1.54) is 5.56 Å². The highest BCUT2D eigenvalue weighted by molar-refractivity contribution is 5.80. The number of carbonyl (C=O) groups excluding carboxylic acids is 2. The van der Waals surface area contributed by atoms with Gasteiger partial charge < -0.3 is 15.5 Å². The number of hydrogen-bond acceptors (Lipinski definition) is 3. The minimum Gasteiger partial charge on any atom is -0.355 e. The first-order chi connectivity index (χ1) is 13.1. The quantitative estimate of drug-likeness (QED) is 0.807. The SMILES string of the molecule is CC1(CNC(=O)C2CCN(C(=O)CCc3ccccc3)CC2)CCNCC1. The number of hydrogen-bond donors (Lipinski definition) is 2. The average Bonchev–Trinajstić information content (AvgIpc) is 2.72. The second-order valence-corrected chi connectivity index (χ2v) is 8.42. The monoisotopic (exact) mass is 371 g/mol. The first-order valence-electron chi connectivity index (χ1n) is 10.4. The first kappa shape index (κ1) is 19.9. The molecule has 0 aromatic heterocycles. The maximum Gasteiger partial charge on any atom is 0.223 e. The summed E-state index contributed by atoms with van der Waals surface area (Å²) >= 11 is 0. The normalized spacial score (nSPS) is 20.3. The summed E-state index contributed by atoms with van der Waals surface area (Å²) in [7, 11) is 0. The molecule has 2 amide bonds. The molecule has 0 aliphatic carbocycles. The number of aryl methyl sites for hydroxylation is 1. The smallest absolute Gasteiger partial charge is 0.223 e. The molecule has 0 atom stereocenters. The fourth-order valence-electron chi connectivity index (χ4n) is 4.10. The molecule has 1 aromatic carbocycles. The Kier molecular flexibility index (Phi) is 6.89. The summed E-state index contributed by atoms with van der Waals surface area (Å²) in [6.07, 6.45) is 5.12. The molecule has 2 aliphatic rings. The number of benzene rings is 1. The zero-order chi connectivity index (χ0) is 19.1. The summed E-state index contributed by atoms with van der Waals surface area (Å²) in [6, 6.07) is 10.1. The molecule has 27 heavy (non-hydrogen) atoms. The Balaban J connectivity index is 1.37. The van der Waals surface area contributed by atoms with Crippen LogP contribution in [0, 0.1) is 11.3 Å². The van der Waals surface area contributed by atoms with Gasteiger partial charge in [-0.25, -0.2) is 0 Å². The van der Waals surface area contributed by atoms with Crippen molar-refractivity contribution in [1.29, 1.82) is 0 Å². The van der Waals surface area contributed by atoms with Gasteiger partial charge in [-0.1, -0.05) is 37.3 Å². The van der Waals surface area contributed by atoms with Crippen LogP contribution < -0.4 is 10.6 Å². The van der Waals surface area contributed by atoms with Gasteiger partial charge in [0.2, 0.25) is 11.8 Å². The lowest BCUT2D eigenvalue weighted by Crippen LogP contribution is -2.47. The van der Waals surface area contributed by atoms with E-state index in [2.05, 4.69) is 29.7 Å². The van der Waals surface area contributed by atoms with Crippen LogP contribution in [0.3, 0.4) is 0 Å². The molecular weight excluding hydrogens is 338 g/mol. The van der Waals surface area contributed by atoms with Crippen molar-refractivity contribution in [2.75, 3.05) is 32.7 Å². The van der Waals surface area contributed by atoms with Crippen molar-refractivity contribution in [3.63, 3.8) is 0 Å². The largest absolute Gasteiger partial charge is 0.355 e. The molecule has 0 bridgehead atoms. The Morgan fingerprint density at radius 2 is 1.81 bits per heavy atom. The van der Waals surface area contributed by atoms with Crippen molar-refractivity contribution in [1.82, 2.24) is 15.5 Å². The predicted octanol–water partition coefficient (Wildman–Crippen LogP) is 2.36. The van der Waals surface area contributed by atoms with Crippen LogP contribution in [0.5, 0.6) is 0 Å². The molecule has 2 N–H and O–H groups in total. The molecular formula is C22H33N3O2. The van der Waals surface area contributed by atoms with E-state index < -0.39 is 0 Å². The van der Waals surface area contributed by atoms with Crippen molar-refractivity contribution in [2.24, 2.45) is 11.3 Å². The second kappa shape index (κ2) is 9.36. The molecule has 0 radical (unpaired) electrons. The summed E-state index contributed by atoms with van der Waals surface area (Å²) in [6.45, 7) is 6.51. The zero-order valence-electron chi connectivity index (χ0n) is 16.5. The van der Waals surface area contributed by atoms with Gasteiger partial charge in [-0.15, -0.1) is 0 Å². The van der Waals surface area contributed by atoms with E-state index in [-0.39, 0.29) is 23.1 Å². The summed E-state index contributed by atoms with van der Waals surface area (Å²) in [5, 5.41) is 6.56. The molecule has 1 aromatic rings. The highest BCUT2D eigenvalue weighted by Gasteiger charge is 2.30. The van der Waals surface area contributed by atoms with Gasteiger partial charge in [0.1, 0.15) is 0 Å². The maximum atomic E-state index is 12.5. The second-order valence-electron chi connectivity index (χ2n) is 8.42. The Hall–Kier alpha value is -1.88. The zero-order valence-corrected chi connectivity index (χ0v) is 16.5. The highest BCUT2D eigenvalue weighted by Crippen LogP contribution is 2.27. The summed E-state index contributed by atoms with van der Waals surface area (Å²) < 4.78 is 0. The van der Waals surface area contributed by atoms with Gasteiger partial charge in [0.15, 0.2) is 0 Å². The molecule has 0 saturated carbocycles. The van der Waals surface area contributed by atoms with E-state index >= 15 is 0 Å². The van der Waals surface area contributed by atoms with Crippen molar-refractivity contribution >= 4 is 11.8 Å². The fourth-order valence-corrected chi connectivity index (χ4v) is 4.10. The molecule has 2 fully saturated rings. The standard InChI is InChI=1S/C22H33N3O2/c1-22(11-13-23-14-12-22)17-24-21(27)19-9-15-25(16-10-19)20(26)8-7-18-5-3-2-4-6-18/h2-6,19,23H,7-17H2,1H3,(H,24,27). The van der Waals surface area contributed by atoms with Crippen LogP contribution in [-0.4, -0.2) is 49.4 Å². The van der Waals surface area contributed by atoms with Gasteiger partial charge in [-0.2, -0.15) is 0 Å². The minimum atomic E-state index is 0.0495. The first-order valence-corrected chi connectivity index (χ1v) is 10.4. The third kappa shape index (κ3) is 5.80. The Morgan fingerprint density at radius 1 is 1.15 bits per heavy atom. The number of amides is 2. The van der Waals surface area contributed by atoms with Gasteiger partial charge in [-0.3, -0.25) is 9.59 Å². The average molecular weight is 372 g/mol. The van der Waals surface area contributed by atoms with Crippen LogP contribution in [-0.2, 0) is 16.0 Å².